The van der Waals surface area contributed by atoms with Gasteiger partial charge in [0.05, 0.1) is 6.04 Å². The molecule has 0 aromatic rings. The summed E-state index contributed by atoms with van der Waals surface area (Å²) in [5.74, 6) is 0.203. The monoisotopic (exact) mass is 258 g/mol. The van der Waals surface area contributed by atoms with Gasteiger partial charge >= 0.3 is 0 Å². The summed E-state index contributed by atoms with van der Waals surface area (Å²) in [6, 6.07) is 0.573. The van der Waals surface area contributed by atoms with E-state index in [0.29, 0.717) is 12.5 Å². The van der Waals surface area contributed by atoms with E-state index in [1.807, 2.05) is 20.8 Å². The Morgan fingerprint density at radius 2 is 1.89 bits per heavy atom. The van der Waals surface area contributed by atoms with Gasteiger partial charge in [0.1, 0.15) is 5.60 Å². The number of rotatable bonds is 2. The van der Waals surface area contributed by atoms with Gasteiger partial charge in [0, 0.05) is 20.1 Å². The number of hydrogen-bond donors (Lipinski definition) is 1. The highest BCUT2D eigenvalue weighted by molar-refractivity contribution is 5.81. The zero-order valence-electron chi connectivity index (χ0n) is 12.3. The Morgan fingerprint density at radius 3 is 2.11 bits per heavy atom. The molecular weight excluding hydrogens is 232 g/mol. The summed E-state index contributed by atoms with van der Waals surface area (Å²) in [5, 5.41) is 3.24. The van der Waals surface area contributed by atoms with E-state index in [9.17, 15) is 9.59 Å². The Morgan fingerprint density at radius 1 is 1.33 bits per heavy atom. The zero-order chi connectivity index (χ0) is 14.3. The lowest BCUT2D eigenvalue weighted by Gasteiger charge is -2.16. The van der Waals surface area contributed by atoms with Crippen LogP contribution in [-0.4, -0.2) is 49.1 Å². The normalized spacial score (nSPS) is 22.8. The highest BCUT2D eigenvalue weighted by Crippen LogP contribution is 2.12. The average Bonchev–Trinajstić information content (AvgIpc) is 2.62. The van der Waals surface area contributed by atoms with Crippen molar-refractivity contribution in [3.05, 3.63) is 0 Å². The van der Waals surface area contributed by atoms with Crippen molar-refractivity contribution < 1.29 is 14.3 Å². The largest absolute Gasteiger partial charge is 0.462 e. The third kappa shape index (κ3) is 7.27. The number of carbonyl (C=O) groups excluding carboxylic acids is 2. The van der Waals surface area contributed by atoms with Crippen molar-refractivity contribution in [3.8, 4) is 0 Å². The second-order valence-electron chi connectivity index (χ2n) is 5.76. The smallest absolute Gasteiger partial charge is 0.293 e. The molecule has 2 atom stereocenters. The van der Waals surface area contributed by atoms with E-state index in [-0.39, 0.29) is 17.6 Å². The van der Waals surface area contributed by atoms with E-state index in [1.165, 1.54) is 0 Å². The van der Waals surface area contributed by atoms with Crippen LogP contribution < -0.4 is 5.32 Å². The lowest BCUT2D eigenvalue weighted by Crippen LogP contribution is -2.41. The first-order valence-corrected chi connectivity index (χ1v) is 6.26. The van der Waals surface area contributed by atoms with Crippen molar-refractivity contribution in [2.24, 2.45) is 0 Å². The van der Waals surface area contributed by atoms with Gasteiger partial charge in [-0.15, -0.1) is 0 Å². The maximum atomic E-state index is 11.4. The molecule has 2 unspecified atom stereocenters. The average molecular weight is 258 g/mol. The summed E-state index contributed by atoms with van der Waals surface area (Å²) in [7, 11) is 3.60. The van der Waals surface area contributed by atoms with Crippen LogP contribution in [0.25, 0.3) is 0 Å². The maximum Gasteiger partial charge on any atom is 0.293 e. The standard InChI is InChI=1S/C8H16N2O.C5H10O2/c1-6-4-5-7(9-6)8(11)10(2)3;1-5(2,3)7-4-6/h6-7,9H,4-5H2,1-3H3;4H,1-3H3. The van der Waals surface area contributed by atoms with Gasteiger partial charge in [0.15, 0.2) is 0 Å². The molecule has 18 heavy (non-hydrogen) atoms. The van der Waals surface area contributed by atoms with Crippen molar-refractivity contribution in [3.63, 3.8) is 0 Å². The highest BCUT2D eigenvalue weighted by atomic mass is 16.5. The predicted octanol–water partition coefficient (Wildman–Crippen LogP) is 1.17. The molecule has 1 N–H and O–H groups in total. The molecule has 0 aromatic heterocycles. The van der Waals surface area contributed by atoms with Crippen LogP contribution in [-0.2, 0) is 14.3 Å². The molecule has 1 rings (SSSR count). The summed E-state index contributed by atoms with van der Waals surface area (Å²) in [6.07, 6.45) is 2.10. The van der Waals surface area contributed by atoms with Gasteiger partial charge in [-0.2, -0.15) is 0 Å². The molecule has 106 valence electrons. The van der Waals surface area contributed by atoms with Crippen LogP contribution in [0.15, 0.2) is 0 Å². The van der Waals surface area contributed by atoms with E-state index in [4.69, 9.17) is 0 Å². The molecule has 1 aliphatic heterocycles. The number of hydrogen-bond acceptors (Lipinski definition) is 4. The molecule has 1 saturated heterocycles. The Hall–Kier alpha value is -1.10. The van der Waals surface area contributed by atoms with Gasteiger partial charge in [-0.25, -0.2) is 0 Å². The van der Waals surface area contributed by atoms with Crippen molar-refractivity contribution in [2.45, 2.75) is 58.2 Å². The molecule has 0 aromatic carbocycles. The molecule has 1 heterocycles. The van der Waals surface area contributed by atoms with Gasteiger partial charge in [-0.1, -0.05) is 0 Å². The summed E-state index contributed by atoms with van der Waals surface area (Å²) in [6.45, 7) is 8.03. The van der Waals surface area contributed by atoms with Crippen molar-refractivity contribution >= 4 is 12.4 Å². The number of carbonyl (C=O) groups is 2. The van der Waals surface area contributed by atoms with Gasteiger partial charge < -0.3 is 15.0 Å². The van der Waals surface area contributed by atoms with Crippen LogP contribution in [0.5, 0.6) is 0 Å². The minimum absolute atomic E-state index is 0.0694. The lowest BCUT2D eigenvalue weighted by molar-refractivity contribution is -0.138. The van der Waals surface area contributed by atoms with Gasteiger partial charge in [0.25, 0.3) is 6.47 Å². The molecule has 0 aliphatic carbocycles. The Balaban J connectivity index is 0.000000360. The summed E-state index contributed by atoms with van der Waals surface area (Å²) in [4.78, 5) is 22.6. The number of amides is 1. The molecule has 5 nitrogen and oxygen atoms in total. The Kier molecular flexibility index (Phi) is 6.91. The first kappa shape index (κ1) is 16.9. The number of nitrogens with one attached hydrogen (secondary N) is 1. The topological polar surface area (TPSA) is 58.6 Å². The molecule has 0 spiro atoms. The van der Waals surface area contributed by atoms with Crippen molar-refractivity contribution in [1.29, 1.82) is 0 Å². The summed E-state index contributed by atoms with van der Waals surface area (Å²) < 4.78 is 4.55. The molecule has 1 fully saturated rings. The molecule has 0 radical (unpaired) electrons. The SMILES string of the molecule is CC(C)(C)OC=O.CC1CCC(C(=O)N(C)C)N1. The molecule has 0 saturated carbocycles. The minimum atomic E-state index is -0.318. The fraction of sp³-hybridized carbons (Fsp3) is 0.846. The molecule has 0 bridgehead atoms. The fourth-order valence-electron chi connectivity index (χ4n) is 1.58. The second kappa shape index (κ2) is 7.36. The molecule has 5 heteroatoms. The minimum Gasteiger partial charge on any atom is -0.462 e. The molecule has 1 amide bonds. The third-order valence-electron chi connectivity index (χ3n) is 2.51. The van der Waals surface area contributed by atoms with Crippen LogP contribution >= 0.6 is 0 Å². The van der Waals surface area contributed by atoms with Crippen LogP contribution in [0.1, 0.15) is 40.5 Å². The number of ether oxygens (including phenoxy) is 1. The number of nitrogens with zero attached hydrogens (tertiary/aromatic N) is 1. The molecular formula is C13H26N2O3. The zero-order valence-corrected chi connectivity index (χ0v) is 12.3. The van der Waals surface area contributed by atoms with Gasteiger partial charge in [0.2, 0.25) is 5.91 Å². The fourth-order valence-corrected chi connectivity index (χ4v) is 1.58. The van der Waals surface area contributed by atoms with Crippen molar-refractivity contribution in [2.75, 3.05) is 14.1 Å². The van der Waals surface area contributed by atoms with Gasteiger partial charge in [-0.05, 0) is 40.5 Å². The van der Waals surface area contributed by atoms with Crippen LogP contribution in [0.3, 0.4) is 0 Å². The Bertz CT molecular complexity index is 272. The van der Waals surface area contributed by atoms with Crippen LogP contribution in [0.4, 0.5) is 0 Å². The highest BCUT2D eigenvalue weighted by Gasteiger charge is 2.27. The quantitative estimate of drug-likeness (QED) is 0.755. The second-order valence-corrected chi connectivity index (χ2v) is 5.76. The third-order valence-corrected chi connectivity index (χ3v) is 2.51. The molecule has 1 aliphatic rings. The first-order valence-electron chi connectivity index (χ1n) is 6.26. The predicted molar refractivity (Wildman–Crippen MR) is 71.2 cm³/mol. The van der Waals surface area contributed by atoms with Crippen molar-refractivity contribution in [1.82, 2.24) is 10.2 Å². The lowest BCUT2D eigenvalue weighted by atomic mass is 10.2. The first-order chi connectivity index (χ1) is 8.17. The summed E-state index contributed by atoms with van der Waals surface area (Å²) >= 11 is 0. The van der Waals surface area contributed by atoms with Crippen LogP contribution in [0, 0.1) is 0 Å². The van der Waals surface area contributed by atoms with E-state index in [2.05, 4.69) is 17.0 Å². The Labute approximate surface area is 110 Å². The maximum absolute atomic E-state index is 11.4. The number of likely N-dealkylation sites (N-methyl/N-ethyl adjacent to an activating group) is 1. The van der Waals surface area contributed by atoms with E-state index < -0.39 is 0 Å². The van der Waals surface area contributed by atoms with E-state index in [0.717, 1.165) is 12.8 Å². The van der Waals surface area contributed by atoms with E-state index >= 15 is 0 Å². The summed E-state index contributed by atoms with van der Waals surface area (Å²) in [5.41, 5.74) is -0.318. The van der Waals surface area contributed by atoms with Gasteiger partial charge in [-0.3, -0.25) is 9.59 Å². The van der Waals surface area contributed by atoms with Crippen LogP contribution in [0.2, 0.25) is 0 Å². The van der Waals surface area contributed by atoms with E-state index in [1.54, 1.807) is 19.0 Å².